The first-order valence-corrected chi connectivity index (χ1v) is 7.66. The van der Waals surface area contributed by atoms with Crippen molar-refractivity contribution in [2.75, 3.05) is 24.6 Å². The Kier molecular flexibility index (Phi) is 4.87. The van der Waals surface area contributed by atoms with E-state index in [1.807, 2.05) is 13.8 Å². The predicted molar refractivity (Wildman–Crippen MR) is 80.0 cm³/mol. The minimum absolute atomic E-state index is 0.0374. The molecular weight excluding hydrogens is 309 g/mol. The molecule has 23 heavy (non-hydrogen) atoms. The smallest absolute Gasteiger partial charge is 0.419 e. The molecule has 2 heterocycles. The number of rotatable bonds is 4. The van der Waals surface area contributed by atoms with Crippen LogP contribution in [0.4, 0.5) is 19.0 Å². The molecular formula is C16H21F3N2O2. The van der Waals surface area contributed by atoms with Crippen molar-refractivity contribution in [3.8, 4) is 0 Å². The van der Waals surface area contributed by atoms with Crippen molar-refractivity contribution in [1.29, 1.82) is 0 Å². The Morgan fingerprint density at radius 3 is 2.74 bits per heavy atom. The molecule has 1 atom stereocenters. The lowest BCUT2D eigenvalue weighted by molar-refractivity contribution is -0.156. The van der Waals surface area contributed by atoms with Gasteiger partial charge >= 0.3 is 12.1 Å². The van der Waals surface area contributed by atoms with E-state index >= 15 is 0 Å². The molecule has 128 valence electrons. The third-order valence-corrected chi connectivity index (χ3v) is 4.48. The zero-order valence-electron chi connectivity index (χ0n) is 13.5. The molecule has 7 heteroatoms. The molecule has 0 radical (unpaired) electrons. The standard InChI is InChI=1S/C16H21F3N2O2/c1-4-23-14(22)15(11(2)3)7-9-21(10-15)13-12(16(17,18)19)6-5-8-20-13/h5-6,8,11H,4,7,9-10H2,1-3H3. The van der Waals surface area contributed by atoms with Gasteiger partial charge in [0.2, 0.25) is 0 Å². The van der Waals surface area contributed by atoms with Crippen LogP contribution in [0.15, 0.2) is 18.3 Å². The first kappa shape index (κ1) is 17.6. The number of carbonyl (C=O) groups excluding carboxylic acids is 1. The monoisotopic (exact) mass is 330 g/mol. The maximum Gasteiger partial charge on any atom is 0.419 e. The van der Waals surface area contributed by atoms with E-state index in [9.17, 15) is 18.0 Å². The lowest BCUT2D eigenvalue weighted by Gasteiger charge is -2.31. The normalized spacial score (nSPS) is 21.8. The highest BCUT2D eigenvalue weighted by molar-refractivity contribution is 5.79. The van der Waals surface area contributed by atoms with Gasteiger partial charge in [0.15, 0.2) is 0 Å². The number of nitrogens with zero attached hydrogens (tertiary/aromatic N) is 2. The Balaban J connectivity index is 2.34. The topological polar surface area (TPSA) is 42.4 Å². The van der Waals surface area contributed by atoms with Crippen LogP contribution in [0.2, 0.25) is 0 Å². The minimum Gasteiger partial charge on any atom is -0.466 e. The Bertz CT molecular complexity index is 575. The van der Waals surface area contributed by atoms with Crippen molar-refractivity contribution < 1.29 is 22.7 Å². The molecule has 0 aromatic carbocycles. The highest BCUT2D eigenvalue weighted by atomic mass is 19.4. The number of alkyl halides is 3. The average molecular weight is 330 g/mol. The van der Waals surface area contributed by atoms with Gasteiger partial charge in [-0.15, -0.1) is 0 Å². The maximum atomic E-state index is 13.2. The second-order valence-electron chi connectivity index (χ2n) is 6.08. The molecule has 0 amide bonds. The van der Waals surface area contributed by atoms with Crippen molar-refractivity contribution in [1.82, 2.24) is 4.98 Å². The zero-order valence-corrected chi connectivity index (χ0v) is 13.5. The first-order chi connectivity index (χ1) is 10.7. The van der Waals surface area contributed by atoms with Gasteiger partial charge in [0.25, 0.3) is 0 Å². The van der Waals surface area contributed by atoms with Crippen LogP contribution < -0.4 is 4.90 Å². The lowest BCUT2D eigenvalue weighted by Crippen LogP contribution is -2.41. The maximum absolute atomic E-state index is 13.2. The fourth-order valence-corrected chi connectivity index (χ4v) is 3.03. The lowest BCUT2D eigenvalue weighted by atomic mass is 9.76. The Morgan fingerprint density at radius 1 is 1.48 bits per heavy atom. The van der Waals surface area contributed by atoms with Crippen LogP contribution in [0.3, 0.4) is 0 Å². The molecule has 0 saturated carbocycles. The van der Waals surface area contributed by atoms with Gasteiger partial charge in [-0.3, -0.25) is 4.79 Å². The van der Waals surface area contributed by atoms with Crippen LogP contribution in [0.25, 0.3) is 0 Å². The number of hydrogen-bond donors (Lipinski definition) is 0. The number of esters is 1. The summed E-state index contributed by atoms with van der Waals surface area (Å²) < 4.78 is 44.7. The summed E-state index contributed by atoms with van der Waals surface area (Å²) in [6.07, 6.45) is -2.68. The molecule has 1 unspecified atom stereocenters. The van der Waals surface area contributed by atoms with Gasteiger partial charge in [0.1, 0.15) is 5.82 Å². The van der Waals surface area contributed by atoms with Gasteiger partial charge in [0, 0.05) is 19.3 Å². The van der Waals surface area contributed by atoms with Gasteiger partial charge in [-0.2, -0.15) is 13.2 Å². The fourth-order valence-electron chi connectivity index (χ4n) is 3.03. The molecule has 1 aliphatic heterocycles. The van der Waals surface area contributed by atoms with Crippen molar-refractivity contribution in [2.45, 2.75) is 33.4 Å². The molecule has 0 bridgehead atoms. The summed E-state index contributed by atoms with van der Waals surface area (Å²) in [5.74, 6) is -0.501. The van der Waals surface area contributed by atoms with E-state index in [0.29, 0.717) is 13.0 Å². The molecule has 1 aromatic heterocycles. The van der Waals surface area contributed by atoms with Crippen molar-refractivity contribution in [2.24, 2.45) is 11.3 Å². The molecule has 1 aliphatic rings. The van der Waals surface area contributed by atoms with E-state index in [1.54, 1.807) is 11.8 Å². The summed E-state index contributed by atoms with van der Waals surface area (Å²) >= 11 is 0. The Labute approximate surface area is 133 Å². The highest BCUT2D eigenvalue weighted by Crippen LogP contribution is 2.43. The molecule has 0 aliphatic carbocycles. The summed E-state index contributed by atoms with van der Waals surface area (Å²) in [4.78, 5) is 17.8. The fraction of sp³-hybridized carbons (Fsp3) is 0.625. The number of aromatic nitrogens is 1. The number of hydrogen-bond acceptors (Lipinski definition) is 4. The Hall–Kier alpha value is -1.79. The molecule has 2 rings (SSSR count). The summed E-state index contributed by atoms with van der Waals surface area (Å²) in [5.41, 5.74) is -1.57. The average Bonchev–Trinajstić information content (AvgIpc) is 2.93. The SMILES string of the molecule is CCOC(=O)C1(C(C)C)CCN(c2ncccc2C(F)(F)F)C1. The van der Waals surface area contributed by atoms with Gasteiger partial charge in [0.05, 0.1) is 17.6 Å². The van der Waals surface area contributed by atoms with Crippen LogP contribution in [-0.4, -0.2) is 30.6 Å². The van der Waals surface area contributed by atoms with Gasteiger partial charge in [-0.25, -0.2) is 4.98 Å². The van der Waals surface area contributed by atoms with Gasteiger partial charge in [-0.05, 0) is 31.4 Å². The molecule has 0 N–H and O–H groups in total. The second-order valence-corrected chi connectivity index (χ2v) is 6.08. The summed E-state index contributed by atoms with van der Waals surface area (Å²) in [6, 6.07) is 2.28. The summed E-state index contributed by atoms with van der Waals surface area (Å²) in [5, 5.41) is 0. The molecule has 1 fully saturated rings. The number of pyridine rings is 1. The number of ether oxygens (including phenoxy) is 1. The minimum atomic E-state index is -4.48. The largest absolute Gasteiger partial charge is 0.466 e. The van der Waals surface area contributed by atoms with E-state index < -0.39 is 17.2 Å². The molecule has 1 aromatic rings. The van der Waals surface area contributed by atoms with E-state index in [4.69, 9.17) is 4.74 Å². The quantitative estimate of drug-likeness (QED) is 0.792. The van der Waals surface area contributed by atoms with Crippen molar-refractivity contribution >= 4 is 11.8 Å². The van der Waals surface area contributed by atoms with Crippen LogP contribution in [0.5, 0.6) is 0 Å². The molecule has 4 nitrogen and oxygen atoms in total. The third-order valence-electron chi connectivity index (χ3n) is 4.48. The third kappa shape index (κ3) is 3.28. The Morgan fingerprint density at radius 2 is 2.17 bits per heavy atom. The molecule has 0 spiro atoms. The summed E-state index contributed by atoms with van der Waals surface area (Å²) in [7, 11) is 0. The van der Waals surface area contributed by atoms with Crippen molar-refractivity contribution in [3.63, 3.8) is 0 Å². The first-order valence-electron chi connectivity index (χ1n) is 7.66. The van der Waals surface area contributed by atoms with Crippen LogP contribution >= 0.6 is 0 Å². The van der Waals surface area contributed by atoms with Crippen LogP contribution in [0, 0.1) is 11.3 Å². The van der Waals surface area contributed by atoms with Crippen LogP contribution in [-0.2, 0) is 15.7 Å². The van der Waals surface area contributed by atoms with E-state index in [0.717, 1.165) is 6.07 Å². The second kappa shape index (κ2) is 6.37. The molecule has 1 saturated heterocycles. The number of halogens is 3. The number of anilines is 1. The van der Waals surface area contributed by atoms with E-state index in [1.165, 1.54) is 12.3 Å². The van der Waals surface area contributed by atoms with Gasteiger partial charge in [-0.1, -0.05) is 13.8 Å². The predicted octanol–water partition coefficient (Wildman–Crippen LogP) is 3.52. The summed E-state index contributed by atoms with van der Waals surface area (Å²) in [6.45, 7) is 6.29. The zero-order chi connectivity index (χ0) is 17.3. The van der Waals surface area contributed by atoms with Crippen LogP contribution in [0.1, 0.15) is 32.8 Å². The highest BCUT2D eigenvalue weighted by Gasteiger charge is 2.49. The number of carbonyl (C=O) groups is 1. The van der Waals surface area contributed by atoms with Gasteiger partial charge < -0.3 is 9.64 Å². The van der Waals surface area contributed by atoms with E-state index in [-0.39, 0.29) is 30.9 Å². The van der Waals surface area contributed by atoms with E-state index in [2.05, 4.69) is 4.98 Å². The van der Waals surface area contributed by atoms with Crippen molar-refractivity contribution in [3.05, 3.63) is 23.9 Å².